The van der Waals surface area contributed by atoms with Crippen LogP contribution in [0, 0.1) is 0 Å². The number of fused-ring (bicyclic) bond motifs is 1. The smallest absolute Gasteiger partial charge is 0.0845 e. The molecule has 0 saturated heterocycles. The quantitative estimate of drug-likeness (QED) is 0.721. The number of nitrogens with zero attached hydrogens (tertiary/aromatic N) is 2. The van der Waals surface area contributed by atoms with Crippen LogP contribution in [0.4, 0.5) is 0 Å². The number of aryl methyl sites for hydroxylation is 1. The van der Waals surface area contributed by atoms with E-state index in [1.54, 1.807) is 11.3 Å². The van der Waals surface area contributed by atoms with Crippen molar-refractivity contribution in [1.29, 1.82) is 0 Å². The van der Waals surface area contributed by atoms with Gasteiger partial charge in [0, 0.05) is 11.9 Å². The van der Waals surface area contributed by atoms with Crippen molar-refractivity contribution >= 4 is 21.6 Å². The van der Waals surface area contributed by atoms with E-state index in [1.165, 1.54) is 4.70 Å². The third-order valence-electron chi connectivity index (χ3n) is 1.64. The van der Waals surface area contributed by atoms with Gasteiger partial charge in [0.1, 0.15) is 0 Å². The van der Waals surface area contributed by atoms with Crippen LogP contribution in [0.3, 0.4) is 0 Å². The molecule has 84 valence electrons. The van der Waals surface area contributed by atoms with Gasteiger partial charge < -0.3 is 0 Å². The Hall–Kier alpha value is -0.960. The average Bonchev–Trinajstić information content (AvgIpc) is 2.81. The van der Waals surface area contributed by atoms with Crippen LogP contribution in [-0.2, 0) is 6.42 Å². The monoisotopic (exact) mass is 224 g/mol. The minimum atomic E-state index is 0.980. The average molecular weight is 224 g/mol. The van der Waals surface area contributed by atoms with Gasteiger partial charge in [0.05, 0.1) is 15.7 Å². The lowest BCUT2D eigenvalue weighted by Gasteiger charge is -1.92. The fraction of sp³-hybridized carbons (Fsp3) is 0.500. The first-order valence-electron chi connectivity index (χ1n) is 5.58. The molecule has 0 atom stereocenters. The zero-order chi connectivity index (χ0) is 11.7. The van der Waals surface area contributed by atoms with Gasteiger partial charge in [0.15, 0.2) is 0 Å². The van der Waals surface area contributed by atoms with Crippen LogP contribution >= 0.6 is 11.3 Å². The molecule has 0 fully saturated rings. The molecule has 3 heteroatoms. The van der Waals surface area contributed by atoms with Crippen molar-refractivity contribution in [3.63, 3.8) is 0 Å². The molecule has 0 aromatic carbocycles. The number of thiazole rings is 1. The Morgan fingerprint density at radius 1 is 1.13 bits per heavy atom. The van der Waals surface area contributed by atoms with Crippen LogP contribution in [0.2, 0.25) is 0 Å². The fourth-order valence-electron chi connectivity index (χ4n) is 0.999. The highest BCUT2D eigenvalue weighted by Crippen LogP contribution is 2.16. The zero-order valence-electron chi connectivity index (χ0n) is 10.2. The van der Waals surface area contributed by atoms with Gasteiger partial charge in [-0.3, -0.25) is 4.98 Å². The molecule has 0 aliphatic heterocycles. The summed E-state index contributed by atoms with van der Waals surface area (Å²) in [5.74, 6) is 0. The van der Waals surface area contributed by atoms with Crippen molar-refractivity contribution in [2.24, 2.45) is 0 Å². The van der Waals surface area contributed by atoms with Gasteiger partial charge in [0.2, 0.25) is 0 Å². The van der Waals surface area contributed by atoms with Crippen LogP contribution in [0.25, 0.3) is 10.2 Å². The number of pyridine rings is 1. The Morgan fingerprint density at radius 2 is 1.80 bits per heavy atom. The number of aromatic nitrogens is 2. The molecule has 0 N–H and O–H groups in total. The predicted molar refractivity (Wildman–Crippen MR) is 69.5 cm³/mol. The highest BCUT2D eigenvalue weighted by molar-refractivity contribution is 7.16. The molecule has 0 amide bonds. The summed E-state index contributed by atoms with van der Waals surface area (Å²) in [4.78, 5) is 8.47. The standard InChI is InChI=1S/C8H8N2S.2C2H6/c1-2-6-3-7-8(4-9-6)11-5-10-7;2*1-2/h3-5H,2H2,1H3;2*1-2H3. The lowest BCUT2D eigenvalue weighted by atomic mass is 10.3. The van der Waals surface area contributed by atoms with Gasteiger partial charge in [-0.1, -0.05) is 34.6 Å². The first-order valence-corrected chi connectivity index (χ1v) is 6.46. The van der Waals surface area contributed by atoms with Crippen molar-refractivity contribution in [2.75, 3.05) is 0 Å². The summed E-state index contributed by atoms with van der Waals surface area (Å²) in [6.07, 6.45) is 2.87. The molecule has 2 rings (SSSR count). The minimum Gasteiger partial charge on any atom is -0.260 e. The summed E-state index contributed by atoms with van der Waals surface area (Å²) in [5, 5.41) is 0. The van der Waals surface area contributed by atoms with Gasteiger partial charge in [-0.15, -0.1) is 11.3 Å². The van der Waals surface area contributed by atoms with E-state index in [-0.39, 0.29) is 0 Å². The zero-order valence-corrected chi connectivity index (χ0v) is 11.1. The van der Waals surface area contributed by atoms with Crippen molar-refractivity contribution in [1.82, 2.24) is 9.97 Å². The summed E-state index contributed by atoms with van der Waals surface area (Å²) in [6, 6.07) is 2.05. The van der Waals surface area contributed by atoms with E-state index in [1.807, 2.05) is 45.5 Å². The van der Waals surface area contributed by atoms with Gasteiger partial charge in [0.25, 0.3) is 0 Å². The summed E-state index contributed by atoms with van der Waals surface area (Å²) in [5.41, 5.74) is 4.04. The largest absolute Gasteiger partial charge is 0.260 e. The Balaban J connectivity index is 0.000000442. The van der Waals surface area contributed by atoms with E-state index >= 15 is 0 Å². The van der Waals surface area contributed by atoms with E-state index < -0.39 is 0 Å². The second kappa shape index (κ2) is 8.36. The molecule has 15 heavy (non-hydrogen) atoms. The lowest BCUT2D eigenvalue weighted by Crippen LogP contribution is -1.84. The number of hydrogen-bond acceptors (Lipinski definition) is 3. The van der Waals surface area contributed by atoms with Crippen molar-refractivity contribution in [2.45, 2.75) is 41.0 Å². The maximum Gasteiger partial charge on any atom is 0.0845 e. The lowest BCUT2D eigenvalue weighted by molar-refractivity contribution is 1.04. The molecule has 2 aromatic heterocycles. The third kappa shape index (κ3) is 3.96. The molecule has 2 heterocycles. The molecular formula is C12H20N2S. The second-order valence-electron chi connectivity index (χ2n) is 2.35. The van der Waals surface area contributed by atoms with Gasteiger partial charge in [-0.25, -0.2) is 4.98 Å². The Labute approximate surface area is 96.4 Å². The first-order chi connectivity index (χ1) is 7.40. The third-order valence-corrected chi connectivity index (χ3v) is 2.42. The molecule has 0 aliphatic rings. The molecule has 0 unspecified atom stereocenters. The number of hydrogen-bond donors (Lipinski definition) is 0. The van der Waals surface area contributed by atoms with Gasteiger partial charge in [-0.2, -0.15) is 0 Å². The van der Waals surface area contributed by atoms with E-state index in [0.29, 0.717) is 0 Å². The van der Waals surface area contributed by atoms with Gasteiger partial charge in [-0.05, 0) is 12.5 Å². The highest BCUT2D eigenvalue weighted by atomic mass is 32.1. The summed E-state index contributed by atoms with van der Waals surface area (Å²) in [6.45, 7) is 10.1. The van der Waals surface area contributed by atoms with Crippen LogP contribution in [0.15, 0.2) is 17.8 Å². The summed E-state index contributed by atoms with van der Waals surface area (Å²) in [7, 11) is 0. The van der Waals surface area contributed by atoms with E-state index in [2.05, 4.69) is 16.9 Å². The highest BCUT2D eigenvalue weighted by Gasteiger charge is 1.97. The fourth-order valence-corrected chi connectivity index (χ4v) is 1.62. The summed E-state index contributed by atoms with van der Waals surface area (Å²) < 4.78 is 1.17. The maximum absolute atomic E-state index is 4.27. The molecule has 0 radical (unpaired) electrons. The number of rotatable bonds is 1. The predicted octanol–water partition coefficient (Wildman–Crippen LogP) is 4.31. The summed E-state index contributed by atoms with van der Waals surface area (Å²) >= 11 is 1.63. The minimum absolute atomic E-state index is 0.980. The van der Waals surface area contributed by atoms with E-state index in [9.17, 15) is 0 Å². The topological polar surface area (TPSA) is 25.8 Å². The Bertz CT molecular complexity index is 368. The molecule has 2 nitrogen and oxygen atoms in total. The molecule has 0 bridgehead atoms. The van der Waals surface area contributed by atoms with Crippen LogP contribution < -0.4 is 0 Å². The van der Waals surface area contributed by atoms with Crippen LogP contribution in [0.5, 0.6) is 0 Å². The molecular weight excluding hydrogens is 204 g/mol. The molecule has 0 spiro atoms. The first kappa shape index (κ1) is 14.0. The molecule has 2 aromatic rings. The van der Waals surface area contributed by atoms with Crippen molar-refractivity contribution < 1.29 is 0 Å². The van der Waals surface area contributed by atoms with Gasteiger partial charge >= 0.3 is 0 Å². The Morgan fingerprint density at radius 3 is 2.40 bits per heavy atom. The van der Waals surface area contributed by atoms with E-state index in [0.717, 1.165) is 17.6 Å². The SMILES string of the molecule is CC.CC.CCc1cc2ncsc2cn1. The normalized spacial score (nSPS) is 8.60. The van der Waals surface area contributed by atoms with E-state index in [4.69, 9.17) is 0 Å². The molecule has 0 saturated carbocycles. The van der Waals surface area contributed by atoms with Crippen molar-refractivity contribution in [3.05, 3.63) is 23.5 Å². The van der Waals surface area contributed by atoms with Crippen LogP contribution in [0.1, 0.15) is 40.3 Å². The Kier molecular flexibility index (Phi) is 7.82. The molecule has 0 aliphatic carbocycles. The maximum atomic E-state index is 4.27. The van der Waals surface area contributed by atoms with Crippen molar-refractivity contribution in [3.8, 4) is 0 Å². The van der Waals surface area contributed by atoms with Crippen LogP contribution in [-0.4, -0.2) is 9.97 Å². The second-order valence-corrected chi connectivity index (χ2v) is 3.24.